The highest BCUT2D eigenvalue weighted by molar-refractivity contribution is 5.80. The number of rotatable bonds is 7. The van der Waals surface area contributed by atoms with Crippen molar-refractivity contribution in [2.24, 2.45) is 5.41 Å². The Bertz CT molecular complexity index is 286. The summed E-state index contributed by atoms with van der Waals surface area (Å²) in [4.78, 5) is 22.9. The first-order valence-corrected chi connectivity index (χ1v) is 6.81. The van der Waals surface area contributed by atoms with Crippen LogP contribution in [0.25, 0.3) is 0 Å². The summed E-state index contributed by atoms with van der Waals surface area (Å²) in [6.07, 6.45) is 5.30. The molecule has 0 saturated heterocycles. The smallest absolute Gasteiger partial charge is 0.311 e. The summed E-state index contributed by atoms with van der Waals surface area (Å²) in [5.41, 5.74) is -0.737. The lowest BCUT2D eigenvalue weighted by Crippen LogP contribution is -2.46. The van der Waals surface area contributed by atoms with Crippen molar-refractivity contribution in [3.63, 3.8) is 0 Å². The van der Waals surface area contributed by atoms with Crippen LogP contribution in [-0.4, -0.2) is 36.6 Å². The lowest BCUT2D eigenvalue weighted by atomic mass is 9.74. The van der Waals surface area contributed by atoms with E-state index < -0.39 is 11.4 Å². The van der Waals surface area contributed by atoms with Gasteiger partial charge in [0.1, 0.15) is 0 Å². The van der Waals surface area contributed by atoms with Crippen LogP contribution in [0.3, 0.4) is 0 Å². The third-order valence-electron chi connectivity index (χ3n) is 3.60. The van der Waals surface area contributed by atoms with Gasteiger partial charge >= 0.3 is 5.97 Å². The van der Waals surface area contributed by atoms with Crippen LogP contribution >= 0.6 is 0 Å². The monoisotopic (exact) mass is 256 g/mol. The fourth-order valence-corrected chi connectivity index (χ4v) is 2.40. The molecule has 1 aliphatic carbocycles. The molecule has 0 aromatic carbocycles. The van der Waals surface area contributed by atoms with Crippen molar-refractivity contribution in [2.75, 3.05) is 19.6 Å². The van der Waals surface area contributed by atoms with Gasteiger partial charge in [0.05, 0.1) is 12.0 Å². The van der Waals surface area contributed by atoms with Crippen LogP contribution in [-0.2, 0) is 9.59 Å². The molecule has 0 aliphatic heterocycles. The Morgan fingerprint density at radius 2 is 1.89 bits per heavy atom. The van der Waals surface area contributed by atoms with Crippen LogP contribution in [0.5, 0.6) is 0 Å². The van der Waals surface area contributed by atoms with Crippen molar-refractivity contribution < 1.29 is 14.7 Å². The van der Waals surface area contributed by atoms with Gasteiger partial charge < -0.3 is 15.7 Å². The summed E-state index contributed by atoms with van der Waals surface area (Å²) in [5.74, 6) is -0.890. The molecular formula is C13H24N2O3. The Morgan fingerprint density at radius 3 is 2.44 bits per heavy atom. The molecule has 104 valence electrons. The van der Waals surface area contributed by atoms with Crippen LogP contribution in [0.4, 0.5) is 0 Å². The van der Waals surface area contributed by atoms with E-state index in [1.165, 1.54) is 0 Å². The Labute approximate surface area is 108 Å². The number of aliphatic carboxylic acids is 1. The second-order valence-corrected chi connectivity index (χ2v) is 5.10. The van der Waals surface area contributed by atoms with E-state index >= 15 is 0 Å². The zero-order valence-corrected chi connectivity index (χ0v) is 11.1. The lowest BCUT2D eigenvalue weighted by molar-refractivity contribution is -0.151. The molecule has 1 rings (SSSR count). The first-order chi connectivity index (χ1) is 8.60. The topological polar surface area (TPSA) is 78.4 Å². The van der Waals surface area contributed by atoms with E-state index in [1.54, 1.807) is 0 Å². The molecule has 1 saturated carbocycles. The highest BCUT2D eigenvalue weighted by Gasteiger charge is 2.39. The van der Waals surface area contributed by atoms with Gasteiger partial charge in [-0.05, 0) is 25.8 Å². The minimum atomic E-state index is -0.774. The predicted molar refractivity (Wildman–Crippen MR) is 69.3 cm³/mol. The third-order valence-corrected chi connectivity index (χ3v) is 3.60. The molecule has 0 aromatic heterocycles. The zero-order chi connectivity index (χ0) is 13.4. The molecule has 0 heterocycles. The number of hydrogen-bond acceptors (Lipinski definition) is 3. The average molecular weight is 256 g/mol. The minimum absolute atomic E-state index is 0.116. The Morgan fingerprint density at radius 1 is 1.22 bits per heavy atom. The number of carbonyl (C=O) groups excluding carboxylic acids is 1. The summed E-state index contributed by atoms with van der Waals surface area (Å²) in [6.45, 7) is 3.36. The van der Waals surface area contributed by atoms with Crippen LogP contribution in [0.1, 0.15) is 45.4 Å². The summed E-state index contributed by atoms with van der Waals surface area (Å²) < 4.78 is 0. The first-order valence-electron chi connectivity index (χ1n) is 6.81. The van der Waals surface area contributed by atoms with Gasteiger partial charge in [-0.15, -0.1) is 0 Å². The van der Waals surface area contributed by atoms with E-state index in [0.717, 1.165) is 32.2 Å². The molecule has 5 nitrogen and oxygen atoms in total. The van der Waals surface area contributed by atoms with Gasteiger partial charge in [0.15, 0.2) is 0 Å². The van der Waals surface area contributed by atoms with Crippen LogP contribution in [0.15, 0.2) is 0 Å². The molecular weight excluding hydrogens is 232 g/mol. The maximum atomic E-state index is 11.6. The number of hydrogen-bond donors (Lipinski definition) is 3. The summed E-state index contributed by atoms with van der Waals surface area (Å²) >= 11 is 0. The van der Waals surface area contributed by atoms with Crippen LogP contribution < -0.4 is 10.6 Å². The Kier molecular flexibility index (Phi) is 6.12. The molecule has 0 aromatic rings. The number of nitrogens with one attached hydrogen (secondary N) is 2. The molecule has 18 heavy (non-hydrogen) atoms. The van der Waals surface area contributed by atoms with Crippen molar-refractivity contribution in [2.45, 2.75) is 45.4 Å². The van der Waals surface area contributed by atoms with Gasteiger partial charge in [0.25, 0.3) is 0 Å². The van der Waals surface area contributed by atoms with Crippen LogP contribution in [0, 0.1) is 5.41 Å². The molecule has 1 fully saturated rings. The molecule has 1 aliphatic rings. The SMILES string of the molecule is CCCNCC(=O)NCC1(C(=O)O)CCCCC1. The number of amides is 1. The minimum Gasteiger partial charge on any atom is -0.481 e. The van der Waals surface area contributed by atoms with Gasteiger partial charge in [0.2, 0.25) is 5.91 Å². The molecule has 0 atom stereocenters. The summed E-state index contributed by atoms with van der Waals surface area (Å²) in [6, 6.07) is 0. The maximum absolute atomic E-state index is 11.6. The molecule has 5 heteroatoms. The molecule has 0 unspecified atom stereocenters. The summed E-state index contributed by atoms with van der Waals surface area (Å²) in [5, 5.41) is 15.1. The number of carboxylic acid groups (broad SMARTS) is 1. The van der Waals surface area contributed by atoms with Crippen molar-refractivity contribution in [1.82, 2.24) is 10.6 Å². The van der Waals surface area contributed by atoms with E-state index in [-0.39, 0.29) is 19.0 Å². The second-order valence-electron chi connectivity index (χ2n) is 5.10. The van der Waals surface area contributed by atoms with E-state index in [4.69, 9.17) is 0 Å². The highest BCUT2D eigenvalue weighted by Crippen LogP contribution is 2.35. The van der Waals surface area contributed by atoms with Crippen LogP contribution in [0.2, 0.25) is 0 Å². The van der Waals surface area contributed by atoms with Crippen molar-refractivity contribution in [1.29, 1.82) is 0 Å². The number of carboxylic acids is 1. The van der Waals surface area contributed by atoms with Crippen molar-refractivity contribution in [3.05, 3.63) is 0 Å². The van der Waals surface area contributed by atoms with Crippen molar-refractivity contribution in [3.8, 4) is 0 Å². The van der Waals surface area contributed by atoms with E-state index in [9.17, 15) is 14.7 Å². The van der Waals surface area contributed by atoms with E-state index in [2.05, 4.69) is 10.6 Å². The Balaban J connectivity index is 2.38. The summed E-state index contributed by atoms with van der Waals surface area (Å²) in [7, 11) is 0. The van der Waals surface area contributed by atoms with Gasteiger partial charge in [-0.3, -0.25) is 9.59 Å². The largest absolute Gasteiger partial charge is 0.481 e. The normalized spacial score (nSPS) is 18.3. The van der Waals surface area contributed by atoms with Gasteiger partial charge in [-0.25, -0.2) is 0 Å². The average Bonchev–Trinajstić information content (AvgIpc) is 2.37. The fraction of sp³-hybridized carbons (Fsp3) is 0.846. The first kappa shape index (κ1) is 15.0. The van der Waals surface area contributed by atoms with E-state index in [0.29, 0.717) is 12.8 Å². The van der Waals surface area contributed by atoms with Gasteiger partial charge in [-0.1, -0.05) is 26.2 Å². The quantitative estimate of drug-likeness (QED) is 0.597. The molecule has 3 N–H and O–H groups in total. The van der Waals surface area contributed by atoms with Crippen molar-refractivity contribution >= 4 is 11.9 Å². The number of carbonyl (C=O) groups is 2. The third kappa shape index (κ3) is 4.29. The molecule has 0 spiro atoms. The molecule has 1 amide bonds. The zero-order valence-electron chi connectivity index (χ0n) is 11.1. The predicted octanol–water partition coefficient (Wildman–Crippen LogP) is 1.14. The van der Waals surface area contributed by atoms with E-state index in [1.807, 2.05) is 6.92 Å². The highest BCUT2D eigenvalue weighted by atomic mass is 16.4. The Hall–Kier alpha value is -1.10. The standard InChI is InChI=1S/C13H24N2O3/c1-2-8-14-9-11(16)15-10-13(12(17)18)6-4-3-5-7-13/h14H,2-10H2,1H3,(H,15,16)(H,17,18). The maximum Gasteiger partial charge on any atom is 0.311 e. The molecule has 0 radical (unpaired) electrons. The molecule has 0 bridgehead atoms. The van der Waals surface area contributed by atoms with Gasteiger partial charge in [-0.2, -0.15) is 0 Å². The second kappa shape index (κ2) is 7.36. The fourth-order valence-electron chi connectivity index (χ4n) is 2.40. The lowest BCUT2D eigenvalue weighted by Gasteiger charge is -2.33. The van der Waals surface area contributed by atoms with Gasteiger partial charge in [0, 0.05) is 6.54 Å².